The van der Waals surface area contributed by atoms with Gasteiger partial charge in [-0.25, -0.2) is 9.67 Å². The molecule has 138 valence electrons. The van der Waals surface area contributed by atoms with E-state index in [1.54, 1.807) is 23.9 Å². The standard InChI is InChI=1S/C20H16N6O2/c1-13-9-15(3-4-19(13)28-12-14-5-7-26(27)8-6-14)16-10-18-20(17(11-21)22-16)23-24-25(18)2/h3-10H,12H2,1-2H3. The molecule has 3 aromatic heterocycles. The number of ether oxygens (including phenoxy) is 1. The van der Waals surface area contributed by atoms with E-state index in [4.69, 9.17) is 4.74 Å². The molecule has 28 heavy (non-hydrogen) atoms. The third-order valence-corrected chi connectivity index (χ3v) is 4.44. The number of aromatic nitrogens is 5. The SMILES string of the molecule is Cc1cc(-c2cc3c(nnn3C)c(C#N)n2)ccc1OCc1cc[n+]([O-])cc1. The summed E-state index contributed by atoms with van der Waals surface area (Å²) in [4.78, 5) is 4.43. The molecule has 0 saturated carbocycles. The van der Waals surface area contributed by atoms with Crippen LogP contribution in [-0.4, -0.2) is 20.0 Å². The molecule has 8 heteroatoms. The maximum absolute atomic E-state index is 11.1. The van der Waals surface area contributed by atoms with Gasteiger partial charge in [0.1, 0.15) is 23.9 Å². The second-order valence-corrected chi connectivity index (χ2v) is 6.38. The highest BCUT2D eigenvalue weighted by Crippen LogP contribution is 2.28. The lowest BCUT2D eigenvalue weighted by atomic mass is 10.1. The van der Waals surface area contributed by atoms with Crippen molar-refractivity contribution in [3.63, 3.8) is 0 Å². The third kappa shape index (κ3) is 3.21. The summed E-state index contributed by atoms with van der Waals surface area (Å²) in [5, 5.41) is 28.4. The number of benzene rings is 1. The number of nitrogens with zero attached hydrogens (tertiary/aromatic N) is 6. The summed E-state index contributed by atoms with van der Waals surface area (Å²) in [6.45, 7) is 2.31. The summed E-state index contributed by atoms with van der Waals surface area (Å²) in [6.07, 6.45) is 2.88. The fourth-order valence-electron chi connectivity index (χ4n) is 2.93. The molecule has 4 aromatic rings. The highest BCUT2D eigenvalue weighted by atomic mass is 16.5. The van der Waals surface area contributed by atoms with Gasteiger partial charge < -0.3 is 9.94 Å². The van der Waals surface area contributed by atoms with Gasteiger partial charge >= 0.3 is 0 Å². The van der Waals surface area contributed by atoms with Gasteiger partial charge in [0.05, 0.1) is 11.2 Å². The zero-order valence-corrected chi connectivity index (χ0v) is 15.3. The van der Waals surface area contributed by atoms with Crippen molar-refractivity contribution >= 4 is 11.0 Å². The fourth-order valence-corrected chi connectivity index (χ4v) is 2.93. The molecule has 0 saturated heterocycles. The van der Waals surface area contributed by atoms with Gasteiger partial charge in [-0.05, 0) is 36.8 Å². The van der Waals surface area contributed by atoms with Gasteiger partial charge in [0, 0.05) is 30.3 Å². The van der Waals surface area contributed by atoms with Crippen LogP contribution < -0.4 is 9.47 Å². The quantitative estimate of drug-likeness (QED) is 0.402. The molecule has 4 rings (SSSR count). The van der Waals surface area contributed by atoms with Crippen molar-refractivity contribution in [2.24, 2.45) is 7.05 Å². The van der Waals surface area contributed by atoms with Crippen molar-refractivity contribution in [3.05, 3.63) is 70.8 Å². The molecule has 0 aliphatic heterocycles. The molecule has 0 atom stereocenters. The monoisotopic (exact) mass is 372 g/mol. The summed E-state index contributed by atoms with van der Waals surface area (Å²) in [6, 6.07) is 13.1. The van der Waals surface area contributed by atoms with Gasteiger partial charge in [0.15, 0.2) is 18.1 Å². The average Bonchev–Trinajstić information content (AvgIpc) is 3.08. The molecule has 0 spiro atoms. The maximum Gasteiger partial charge on any atom is 0.180 e. The van der Waals surface area contributed by atoms with E-state index < -0.39 is 0 Å². The maximum atomic E-state index is 11.1. The predicted molar refractivity (Wildman–Crippen MR) is 101 cm³/mol. The summed E-state index contributed by atoms with van der Waals surface area (Å²) >= 11 is 0. The zero-order valence-electron chi connectivity index (χ0n) is 15.3. The summed E-state index contributed by atoms with van der Waals surface area (Å²) in [7, 11) is 1.78. The molecule has 0 bridgehead atoms. The number of aryl methyl sites for hydroxylation is 2. The van der Waals surface area contributed by atoms with E-state index in [0.29, 0.717) is 17.8 Å². The van der Waals surface area contributed by atoms with E-state index in [0.717, 1.165) is 32.7 Å². The molecule has 0 radical (unpaired) electrons. The van der Waals surface area contributed by atoms with E-state index >= 15 is 0 Å². The fraction of sp³-hybridized carbons (Fsp3) is 0.150. The number of hydrogen-bond donors (Lipinski definition) is 0. The van der Waals surface area contributed by atoms with E-state index in [1.807, 2.05) is 31.2 Å². The lowest BCUT2D eigenvalue weighted by Crippen LogP contribution is -2.23. The molecule has 1 aromatic carbocycles. The van der Waals surface area contributed by atoms with Gasteiger partial charge in [-0.15, -0.1) is 5.10 Å². The van der Waals surface area contributed by atoms with Gasteiger partial charge in [-0.1, -0.05) is 5.21 Å². The molecule has 0 aliphatic rings. The molecular formula is C20H16N6O2. The molecule has 0 fully saturated rings. The highest BCUT2D eigenvalue weighted by molar-refractivity contribution is 5.83. The minimum absolute atomic E-state index is 0.248. The van der Waals surface area contributed by atoms with Crippen LogP contribution >= 0.6 is 0 Å². The number of rotatable bonds is 4. The first kappa shape index (κ1) is 17.4. The molecule has 0 amide bonds. The Bertz CT molecular complexity index is 1210. The van der Waals surface area contributed by atoms with Crippen LogP contribution in [0.25, 0.3) is 22.3 Å². The molecule has 8 nitrogen and oxygen atoms in total. The van der Waals surface area contributed by atoms with Crippen molar-refractivity contribution < 1.29 is 9.47 Å². The van der Waals surface area contributed by atoms with Gasteiger partial charge in [0.25, 0.3) is 0 Å². The minimum Gasteiger partial charge on any atom is -0.619 e. The topological polar surface area (TPSA) is 104 Å². The van der Waals surface area contributed by atoms with Gasteiger partial charge in [-0.3, -0.25) is 0 Å². The normalized spacial score (nSPS) is 10.8. The summed E-state index contributed by atoms with van der Waals surface area (Å²) in [5.41, 5.74) is 4.88. The second-order valence-electron chi connectivity index (χ2n) is 6.38. The lowest BCUT2D eigenvalue weighted by Gasteiger charge is -2.11. The zero-order chi connectivity index (χ0) is 19.7. The van der Waals surface area contributed by atoms with Crippen molar-refractivity contribution in [2.75, 3.05) is 0 Å². The van der Waals surface area contributed by atoms with Crippen LogP contribution in [0, 0.1) is 23.5 Å². The largest absolute Gasteiger partial charge is 0.619 e. The first-order valence-corrected chi connectivity index (χ1v) is 8.57. The van der Waals surface area contributed by atoms with Crippen LogP contribution in [-0.2, 0) is 13.7 Å². The van der Waals surface area contributed by atoms with Crippen LogP contribution in [0.1, 0.15) is 16.8 Å². The predicted octanol–water partition coefficient (Wildman–Crippen LogP) is 2.42. The number of pyridine rings is 2. The van der Waals surface area contributed by atoms with Gasteiger partial charge in [-0.2, -0.15) is 9.99 Å². The molecule has 0 aliphatic carbocycles. The number of hydrogen-bond acceptors (Lipinski definition) is 6. The molecule has 0 N–H and O–H groups in total. The first-order chi connectivity index (χ1) is 13.5. The van der Waals surface area contributed by atoms with Crippen molar-refractivity contribution in [1.29, 1.82) is 5.26 Å². The third-order valence-electron chi connectivity index (χ3n) is 4.44. The second kappa shape index (κ2) is 6.96. The Labute approximate surface area is 160 Å². The Kier molecular flexibility index (Phi) is 4.33. The Morgan fingerprint density at radius 2 is 2.00 bits per heavy atom. The highest BCUT2D eigenvalue weighted by Gasteiger charge is 2.13. The average molecular weight is 372 g/mol. The van der Waals surface area contributed by atoms with Crippen molar-refractivity contribution in [1.82, 2.24) is 20.0 Å². The van der Waals surface area contributed by atoms with Crippen molar-refractivity contribution in [2.45, 2.75) is 13.5 Å². The van der Waals surface area contributed by atoms with Crippen LogP contribution in [0.3, 0.4) is 0 Å². The molecular weight excluding hydrogens is 356 g/mol. The van der Waals surface area contributed by atoms with Crippen LogP contribution in [0.15, 0.2) is 48.8 Å². The Hall–Kier alpha value is -3.99. The summed E-state index contributed by atoms with van der Waals surface area (Å²) < 4.78 is 8.23. The Morgan fingerprint density at radius 3 is 2.71 bits per heavy atom. The van der Waals surface area contributed by atoms with Gasteiger partial charge in [0.2, 0.25) is 0 Å². The van der Waals surface area contributed by atoms with Crippen molar-refractivity contribution in [3.8, 4) is 23.1 Å². The summed E-state index contributed by atoms with van der Waals surface area (Å²) in [5.74, 6) is 0.742. The Balaban J connectivity index is 1.62. The molecule has 0 unspecified atom stereocenters. The van der Waals surface area contributed by atoms with Crippen LogP contribution in [0.4, 0.5) is 0 Å². The van der Waals surface area contributed by atoms with E-state index in [1.165, 1.54) is 12.4 Å². The molecule has 3 heterocycles. The van der Waals surface area contributed by atoms with E-state index in [9.17, 15) is 10.5 Å². The minimum atomic E-state index is 0.248. The first-order valence-electron chi connectivity index (χ1n) is 8.57. The number of nitriles is 1. The Morgan fingerprint density at radius 1 is 1.21 bits per heavy atom. The number of fused-ring (bicyclic) bond motifs is 1. The van der Waals surface area contributed by atoms with Crippen LogP contribution in [0.5, 0.6) is 5.75 Å². The van der Waals surface area contributed by atoms with Crippen LogP contribution in [0.2, 0.25) is 0 Å². The lowest BCUT2D eigenvalue weighted by molar-refractivity contribution is -0.605. The van der Waals surface area contributed by atoms with E-state index in [2.05, 4.69) is 21.4 Å². The smallest absolute Gasteiger partial charge is 0.180 e. The van der Waals surface area contributed by atoms with E-state index in [-0.39, 0.29) is 5.69 Å².